The number of hydrogen-bond acceptors (Lipinski definition) is 6. The van der Waals surface area contributed by atoms with Crippen molar-refractivity contribution in [1.82, 2.24) is 0 Å². The van der Waals surface area contributed by atoms with Crippen molar-refractivity contribution in [3.8, 4) is 0 Å². The molecule has 6 heteroatoms. The van der Waals surface area contributed by atoms with E-state index in [-0.39, 0.29) is 31.6 Å². The van der Waals surface area contributed by atoms with Gasteiger partial charge in [-0.1, -0.05) is 233 Å². The van der Waals surface area contributed by atoms with Gasteiger partial charge in [-0.25, -0.2) is 0 Å². The van der Waals surface area contributed by atoms with Gasteiger partial charge in [-0.2, -0.15) is 0 Å². The van der Waals surface area contributed by atoms with Gasteiger partial charge in [-0.15, -0.1) is 0 Å². The molecule has 0 saturated carbocycles. The van der Waals surface area contributed by atoms with Gasteiger partial charge >= 0.3 is 17.9 Å². The van der Waals surface area contributed by atoms with Gasteiger partial charge in [0.15, 0.2) is 6.10 Å². The number of rotatable bonds is 42. The van der Waals surface area contributed by atoms with Crippen LogP contribution in [0.3, 0.4) is 0 Å². The number of carbonyl (C=O) groups is 3. The van der Waals surface area contributed by atoms with Crippen LogP contribution in [0.4, 0.5) is 0 Å². The van der Waals surface area contributed by atoms with E-state index in [1.165, 1.54) is 77.0 Å². The van der Waals surface area contributed by atoms with Crippen molar-refractivity contribution in [2.45, 2.75) is 207 Å². The minimum absolute atomic E-state index is 0.115. The van der Waals surface area contributed by atoms with Crippen molar-refractivity contribution < 1.29 is 28.6 Å². The van der Waals surface area contributed by atoms with Crippen LogP contribution in [0.25, 0.3) is 0 Å². The van der Waals surface area contributed by atoms with Crippen molar-refractivity contribution in [1.29, 1.82) is 0 Å². The number of esters is 3. The second-order valence-electron chi connectivity index (χ2n) is 15.9. The zero-order valence-corrected chi connectivity index (χ0v) is 39.1. The largest absolute Gasteiger partial charge is 0.462 e. The zero-order valence-electron chi connectivity index (χ0n) is 39.1. The predicted molar refractivity (Wildman–Crippen MR) is 260 cm³/mol. The first-order valence-corrected chi connectivity index (χ1v) is 24.5. The highest BCUT2D eigenvalue weighted by Gasteiger charge is 2.19. The van der Waals surface area contributed by atoms with Gasteiger partial charge < -0.3 is 14.2 Å². The molecule has 0 heterocycles. The molecule has 1 unspecified atom stereocenters. The molecule has 0 aliphatic rings. The van der Waals surface area contributed by atoms with Gasteiger partial charge in [0.2, 0.25) is 0 Å². The Morgan fingerprint density at radius 3 is 1.08 bits per heavy atom. The summed E-state index contributed by atoms with van der Waals surface area (Å²) in [5.41, 5.74) is 0. The van der Waals surface area contributed by atoms with Crippen LogP contribution < -0.4 is 0 Å². The first kappa shape index (κ1) is 57.1. The molecular weight excluding hydrogens is 757 g/mol. The quantitative estimate of drug-likeness (QED) is 0.0264. The molecule has 0 saturated heterocycles. The van der Waals surface area contributed by atoms with Gasteiger partial charge in [-0.05, 0) is 57.8 Å². The first-order chi connectivity index (χ1) is 30.0. The van der Waals surface area contributed by atoms with Gasteiger partial charge in [-0.3, -0.25) is 14.4 Å². The van der Waals surface area contributed by atoms with Gasteiger partial charge in [0.1, 0.15) is 13.2 Å². The molecule has 61 heavy (non-hydrogen) atoms. The van der Waals surface area contributed by atoms with E-state index in [1.807, 2.05) is 54.7 Å². The van der Waals surface area contributed by atoms with Crippen LogP contribution in [0.15, 0.2) is 109 Å². The molecule has 0 N–H and O–H groups in total. The molecule has 1 atom stereocenters. The normalized spacial score (nSPS) is 13.0. The molecule has 0 fully saturated rings. The van der Waals surface area contributed by atoms with E-state index in [9.17, 15) is 14.4 Å². The molecule has 0 aromatic rings. The van der Waals surface area contributed by atoms with Crippen LogP contribution in [0.1, 0.15) is 201 Å². The summed E-state index contributed by atoms with van der Waals surface area (Å²) in [5, 5.41) is 0. The van der Waals surface area contributed by atoms with E-state index in [0.29, 0.717) is 19.3 Å². The summed E-state index contributed by atoms with van der Waals surface area (Å²) in [6.07, 6.45) is 65.0. The van der Waals surface area contributed by atoms with E-state index >= 15 is 0 Å². The number of hydrogen-bond donors (Lipinski definition) is 0. The molecule has 0 aromatic carbocycles. The molecule has 6 nitrogen and oxygen atoms in total. The van der Waals surface area contributed by atoms with Crippen LogP contribution in [0.2, 0.25) is 0 Å². The summed E-state index contributed by atoms with van der Waals surface area (Å²) in [5.74, 6) is -1.02. The average Bonchev–Trinajstić information content (AvgIpc) is 3.26. The smallest absolute Gasteiger partial charge is 0.306 e. The number of ether oxygens (including phenoxy) is 3. The SMILES string of the molecule is CC\C=C/C=C\C=C/C=C\C=C/CCCC(=O)OC(COC(=O)CCCCCCC\C=C/C=C\C=C/C=C\CCCCC)COC(=O)CCCCCCCCCCCCCC. The number of carbonyl (C=O) groups excluding carboxylic acids is 3. The lowest BCUT2D eigenvalue weighted by Crippen LogP contribution is -2.30. The van der Waals surface area contributed by atoms with E-state index in [0.717, 1.165) is 77.0 Å². The maximum absolute atomic E-state index is 12.7. The molecule has 0 aromatic heterocycles. The summed E-state index contributed by atoms with van der Waals surface area (Å²) in [4.78, 5) is 37.8. The maximum atomic E-state index is 12.7. The standard InChI is InChI=1S/C55H88O6/c1-4-7-10-13-16-19-22-25-26-27-28-29-31-33-36-39-42-45-48-54(57)60-51-52(50-59-53(56)47-44-41-38-35-32-24-21-18-15-12-9-6-3)61-55(58)49-46-43-40-37-34-30-23-20-17-14-11-8-5-2/h8,11,14,16-17,19-20,22-23,25-30,34,37,40,52H,4-7,9-10,12-13,15,18,21,24,31-33,35-36,38-39,41-51H2,1-3H3/b11-8-,17-14-,19-16-,23-20-,25-22-,27-26-,29-28-,34-30-,40-37-. The second kappa shape index (κ2) is 48.7. The number of unbranched alkanes of at least 4 members (excludes halogenated alkanes) is 20. The van der Waals surface area contributed by atoms with Crippen molar-refractivity contribution in [3.05, 3.63) is 109 Å². The highest BCUT2D eigenvalue weighted by atomic mass is 16.6. The molecule has 0 radical (unpaired) electrons. The number of allylic oxidation sites excluding steroid dienone is 18. The van der Waals surface area contributed by atoms with Crippen LogP contribution >= 0.6 is 0 Å². The predicted octanol–water partition coefficient (Wildman–Crippen LogP) is 16.0. The Bertz CT molecular complexity index is 1290. The van der Waals surface area contributed by atoms with E-state index in [1.54, 1.807) is 0 Å². The van der Waals surface area contributed by atoms with E-state index in [2.05, 4.69) is 75.5 Å². The van der Waals surface area contributed by atoms with Gasteiger partial charge in [0, 0.05) is 19.3 Å². The minimum Gasteiger partial charge on any atom is -0.462 e. The molecule has 0 rings (SSSR count). The molecule has 0 aliphatic heterocycles. The fourth-order valence-corrected chi connectivity index (χ4v) is 6.31. The van der Waals surface area contributed by atoms with Crippen molar-refractivity contribution in [2.75, 3.05) is 13.2 Å². The minimum atomic E-state index is -0.824. The summed E-state index contributed by atoms with van der Waals surface area (Å²) in [6.45, 7) is 6.35. The molecule has 0 aliphatic carbocycles. The second-order valence-corrected chi connectivity index (χ2v) is 15.9. The Kier molecular flexibility index (Phi) is 45.6. The monoisotopic (exact) mass is 845 g/mol. The Hall–Kier alpha value is -3.93. The molecule has 0 bridgehead atoms. The molecule has 0 amide bonds. The molecule has 0 spiro atoms. The first-order valence-electron chi connectivity index (χ1n) is 24.5. The highest BCUT2D eigenvalue weighted by molar-refractivity contribution is 5.71. The Morgan fingerprint density at radius 2 is 0.656 bits per heavy atom. The fourth-order valence-electron chi connectivity index (χ4n) is 6.31. The third kappa shape index (κ3) is 47.0. The van der Waals surface area contributed by atoms with Crippen LogP contribution in [0.5, 0.6) is 0 Å². The van der Waals surface area contributed by atoms with E-state index < -0.39 is 12.1 Å². The summed E-state index contributed by atoms with van der Waals surface area (Å²) in [6, 6.07) is 0. The lowest BCUT2D eigenvalue weighted by molar-refractivity contribution is -0.167. The van der Waals surface area contributed by atoms with Crippen molar-refractivity contribution in [2.24, 2.45) is 0 Å². The fraction of sp³-hybridized carbons (Fsp3) is 0.618. The van der Waals surface area contributed by atoms with Gasteiger partial charge in [0.25, 0.3) is 0 Å². The van der Waals surface area contributed by atoms with Crippen molar-refractivity contribution in [3.63, 3.8) is 0 Å². The van der Waals surface area contributed by atoms with Crippen LogP contribution in [-0.4, -0.2) is 37.2 Å². The van der Waals surface area contributed by atoms with Crippen LogP contribution in [0, 0.1) is 0 Å². The Balaban J connectivity index is 4.53. The molecular formula is C55H88O6. The highest BCUT2D eigenvalue weighted by Crippen LogP contribution is 2.14. The third-order valence-electron chi connectivity index (χ3n) is 9.98. The summed E-state index contributed by atoms with van der Waals surface area (Å²) < 4.78 is 16.7. The van der Waals surface area contributed by atoms with Gasteiger partial charge in [0.05, 0.1) is 0 Å². The maximum Gasteiger partial charge on any atom is 0.306 e. The van der Waals surface area contributed by atoms with Crippen LogP contribution in [-0.2, 0) is 28.6 Å². The van der Waals surface area contributed by atoms with Crippen molar-refractivity contribution >= 4 is 17.9 Å². The summed E-state index contributed by atoms with van der Waals surface area (Å²) >= 11 is 0. The van der Waals surface area contributed by atoms with E-state index in [4.69, 9.17) is 14.2 Å². The Morgan fingerprint density at radius 1 is 0.344 bits per heavy atom. The Labute approximate surface area is 374 Å². The summed E-state index contributed by atoms with van der Waals surface area (Å²) in [7, 11) is 0. The lowest BCUT2D eigenvalue weighted by atomic mass is 10.0. The third-order valence-corrected chi connectivity index (χ3v) is 9.98. The zero-order chi connectivity index (χ0) is 44.4. The average molecular weight is 845 g/mol. The topological polar surface area (TPSA) is 78.9 Å². The lowest BCUT2D eigenvalue weighted by Gasteiger charge is -2.18. The molecule has 344 valence electrons.